The fraction of sp³-hybridized carbons (Fsp3) is 0.533. The monoisotopic (exact) mass is 244 g/mol. The zero-order chi connectivity index (χ0) is 12.9. The quantitative estimate of drug-likeness (QED) is 0.840. The first-order valence-electron chi connectivity index (χ1n) is 6.66. The molecule has 0 aromatic heterocycles. The van der Waals surface area contributed by atoms with E-state index in [1.807, 2.05) is 6.07 Å². The van der Waals surface area contributed by atoms with Gasteiger partial charge in [0.15, 0.2) is 0 Å². The van der Waals surface area contributed by atoms with Crippen LogP contribution in [0.25, 0.3) is 0 Å². The number of benzene rings is 1. The third kappa shape index (κ3) is 1.93. The van der Waals surface area contributed by atoms with Crippen molar-refractivity contribution in [2.45, 2.75) is 39.2 Å². The lowest BCUT2D eigenvalue weighted by atomic mass is 9.93. The predicted molar refractivity (Wildman–Crippen MR) is 72.2 cm³/mol. The zero-order valence-electron chi connectivity index (χ0n) is 11.0. The molecule has 1 fully saturated rings. The topological polar surface area (TPSA) is 55.1 Å². The van der Waals surface area contributed by atoms with Gasteiger partial charge in [-0.3, -0.25) is 4.79 Å². The van der Waals surface area contributed by atoms with Gasteiger partial charge in [0.25, 0.3) is 0 Å². The highest BCUT2D eigenvalue weighted by atomic mass is 16.1. The highest BCUT2D eigenvalue weighted by Crippen LogP contribution is 2.57. The first-order chi connectivity index (χ1) is 8.47. The van der Waals surface area contributed by atoms with Crippen LogP contribution in [0.1, 0.15) is 43.9 Å². The van der Waals surface area contributed by atoms with Crippen LogP contribution >= 0.6 is 0 Å². The van der Waals surface area contributed by atoms with Crippen LogP contribution in [-0.4, -0.2) is 5.91 Å². The Morgan fingerprint density at radius 3 is 2.78 bits per heavy atom. The molecule has 1 amide bonds. The van der Waals surface area contributed by atoms with E-state index in [4.69, 9.17) is 5.73 Å². The largest absolute Gasteiger partial charge is 0.326 e. The molecule has 1 aromatic carbocycles. The number of carbonyl (C=O) groups is 1. The summed E-state index contributed by atoms with van der Waals surface area (Å²) in [4.78, 5) is 11.3. The van der Waals surface area contributed by atoms with Gasteiger partial charge in [-0.2, -0.15) is 0 Å². The van der Waals surface area contributed by atoms with E-state index < -0.39 is 0 Å². The molecule has 0 spiro atoms. The first kappa shape index (κ1) is 11.7. The highest BCUT2D eigenvalue weighted by molar-refractivity contribution is 5.93. The second kappa shape index (κ2) is 3.82. The number of carbonyl (C=O) groups excluding carboxylic acids is 1. The summed E-state index contributed by atoms with van der Waals surface area (Å²) in [5.74, 6) is 0.705. The maximum Gasteiger partial charge on any atom is 0.224 e. The van der Waals surface area contributed by atoms with E-state index in [1.165, 1.54) is 17.5 Å². The number of nitrogens with two attached hydrogens (primary N) is 1. The van der Waals surface area contributed by atoms with Crippen molar-refractivity contribution in [3.63, 3.8) is 0 Å². The highest BCUT2D eigenvalue weighted by Gasteiger charge is 2.49. The summed E-state index contributed by atoms with van der Waals surface area (Å²) in [5.41, 5.74) is 10.1. The summed E-state index contributed by atoms with van der Waals surface area (Å²) in [7, 11) is 0. The van der Waals surface area contributed by atoms with E-state index >= 15 is 0 Å². The summed E-state index contributed by atoms with van der Waals surface area (Å²) < 4.78 is 0. The second-order valence-corrected chi connectivity index (χ2v) is 6.29. The molecule has 1 aromatic rings. The Bertz CT molecular complexity index is 507. The Hall–Kier alpha value is -1.35. The molecule has 0 saturated heterocycles. The van der Waals surface area contributed by atoms with Crippen LogP contribution in [0.4, 0.5) is 5.69 Å². The van der Waals surface area contributed by atoms with Crippen molar-refractivity contribution in [3.05, 3.63) is 29.3 Å². The minimum atomic E-state index is 0.114. The maximum atomic E-state index is 11.3. The van der Waals surface area contributed by atoms with E-state index in [2.05, 4.69) is 31.3 Å². The van der Waals surface area contributed by atoms with Crippen molar-refractivity contribution in [3.8, 4) is 0 Å². The van der Waals surface area contributed by atoms with Crippen LogP contribution < -0.4 is 11.1 Å². The molecule has 2 atom stereocenters. The molecular weight excluding hydrogens is 224 g/mol. The third-order valence-corrected chi connectivity index (χ3v) is 4.43. The van der Waals surface area contributed by atoms with E-state index in [9.17, 15) is 4.79 Å². The standard InChI is InChI=1S/C15H20N2O/c1-15(2)8-11(15)14(16)10-3-5-12-9(7-10)4-6-13(18)17-12/h3,5,7,11,14H,4,6,8,16H2,1-2H3,(H,17,18). The summed E-state index contributed by atoms with van der Waals surface area (Å²) in [6, 6.07) is 6.36. The van der Waals surface area contributed by atoms with Crippen molar-refractivity contribution < 1.29 is 4.79 Å². The Morgan fingerprint density at radius 2 is 2.11 bits per heavy atom. The molecule has 1 heterocycles. The number of nitrogens with one attached hydrogen (secondary N) is 1. The van der Waals surface area contributed by atoms with Gasteiger partial charge in [-0.1, -0.05) is 26.0 Å². The fourth-order valence-electron chi connectivity index (χ4n) is 2.96. The minimum Gasteiger partial charge on any atom is -0.326 e. The van der Waals surface area contributed by atoms with E-state index in [-0.39, 0.29) is 11.9 Å². The van der Waals surface area contributed by atoms with E-state index in [0.29, 0.717) is 17.8 Å². The molecule has 0 radical (unpaired) electrons. The number of hydrogen-bond acceptors (Lipinski definition) is 2. The first-order valence-corrected chi connectivity index (χ1v) is 6.66. The smallest absolute Gasteiger partial charge is 0.224 e. The molecule has 3 N–H and O–H groups in total. The lowest BCUT2D eigenvalue weighted by Gasteiger charge is -2.20. The van der Waals surface area contributed by atoms with Gasteiger partial charge in [0, 0.05) is 18.2 Å². The number of amides is 1. The predicted octanol–water partition coefficient (Wildman–Crippen LogP) is 2.62. The number of fused-ring (bicyclic) bond motifs is 1. The van der Waals surface area contributed by atoms with Crippen LogP contribution in [-0.2, 0) is 11.2 Å². The Balaban J connectivity index is 1.84. The van der Waals surface area contributed by atoms with Gasteiger partial charge in [0.2, 0.25) is 5.91 Å². The maximum absolute atomic E-state index is 11.3. The molecule has 1 saturated carbocycles. The normalized spacial score (nSPS) is 26.2. The van der Waals surface area contributed by atoms with Gasteiger partial charge in [-0.15, -0.1) is 0 Å². The number of rotatable bonds is 2. The van der Waals surface area contributed by atoms with Crippen molar-refractivity contribution in [1.29, 1.82) is 0 Å². The van der Waals surface area contributed by atoms with Crippen molar-refractivity contribution in [2.75, 3.05) is 5.32 Å². The van der Waals surface area contributed by atoms with Gasteiger partial charge in [0.05, 0.1) is 0 Å². The van der Waals surface area contributed by atoms with Crippen molar-refractivity contribution >= 4 is 11.6 Å². The third-order valence-electron chi connectivity index (χ3n) is 4.43. The molecule has 96 valence electrons. The molecule has 0 bridgehead atoms. The number of aryl methyl sites for hydroxylation is 1. The van der Waals surface area contributed by atoms with Gasteiger partial charge < -0.3 is 11.1 Å². The SMILES string of the molecule is CC1(C)CC1C(N)c1ccc2c(c1)CCC(=O)N2. The average molecular weight is 244 g/mol. The molecule has 3 rings (SSSR count). The summed E-state index contributed by atoms with van der Waals surface area (Å²) >= 11 is 0. The van der Waals surface area contributed by atoms with E-state index in [0.717, 1.165) is 12.1 Å². The summed E-state index contributed by atoms with van der Waals surface area (Å²) in [6.07, 6.45) is 2.62. The van der Waals surface area contributed by atoms with Gasteiger partial charge in [-0.25, -0.2) is 0 Å². The van der Waals surface area contributed by atoms with Gasteiger partial charge >= 0.3 is 0 Å². The Morgan fingerprint density at radius 1 is 1.39 bits per heavy atom. The summed E-state index contributed by atoms with van der Waals surface area (Å²) in [6.45, 7) is 4.55. The van der Waals surface area contributed by atoms with Crippen molar-refractivity contribution in [1.82, 2.24) is 0 Å². The molecule has 1 aliphatic carbocycles. The molecule has 18 heavy (non-hydrogen) atoms. The second-order valence-electron chi connectivity index (χ2n) is 6.29. The van der Waals surface area contributed by atoms with Crippen LogP contribution in [0.15, 0.2) is 18.2 Å². The minimum absolute atomic E-state index is 0.114. The number of anilines is 1. The zero-order valence-corrected chi connectivity index (χ0v) is 11.0. The van der Waals surface area contributed by atoms with Gasteiger partial charge in [-0.05, 0) is 41.4 Å². The van der Waals surface area contributed by atoms with Crippen molar-refractivity contribution in [2.24, 2.45) is 17.1 Å². The molecule has 1 aliphatic heterocycles. The van der Waals surface area contributed by atoms with Gasteiger partial charge in [0.1, 0.15) is 0 Å². The van der Waals surface area contributed by atoms with Crippen LogP contribution in [0.3, 0.4) is 0 Å². The molecular formula is C15H20N2O. The fourth-order valence-corrected chi connectivity index (χ4v) is 2.96. The lowest BCUT2D eigenvalue weighted by Crippen LogP contribution is -2.20. The van der Waals surface area contributed by atoms with Crippen LogP contribution in [0, 0.1) is 11.3 Å². The van der Waals surface area contributed by atoms with Crippen LogP contribution in [0.5, 0.6) is 0 Å². The summed E-state index contributed by atoms with van der Waals surface area (Å²) in [5, 5.41) is 2.91. The Labute approximate surface area is 108 Å². The molecule has 3 nitrogen and oxygen atoms in total. The van der Waals surface area contributed by atoms with E-state index in [1.54, 1.807) is 0 Å². The Kier molecular flexibility index (Phi) is 2.49. The molecule has 2 aliphatic rings. The molecule has 2 unspecified atom stereocenters. The average Bonchev–Trinajstić information content (AvgIpc) is 2.97. The number of hydrogen-bond donors (Lipinski definition) is 2. The van der Waals surface area contributed by atoms with Crippen LogP contribution in [0.2, 0.25) is 0 Å². The molecule has 3 heteroatoms. The lowest BCUT2D eigenvalue weighted by molar-refractivity contribution is -0.116.